The molecule has 0 bridgehead atoms. The Kier molecular flexibility index (Phi) is 3.70. The molecular formula is C15H16ClN. The minimum Gasteiger partial charge on any atom is -0.381 e. The highest BCUT2D eigenvalue weighted by Gasteiger charge is 1.99. The van der Waals surface area contributed by atoms with Crippen molar-refractivity contribution in [2.24, 2.45) is 0 Å². The molecule has 0 fully saturated rings. The fourth-order valence-corrected chi connectivity index (χ4v) is 2.04. The molecule has 0 aromatic heterocycles. The maximum absolute atomic E-state index is 5.93. The maximum Gasteiger partial charge on any atom is 0.0408 e. The molecule has 0 aliphatic rings. The molecule has 1 N–H and O–H groups in total. The van der Waals surface area contributed by atoms with E-state index in [1.54, 1.807) is 0 Å². The van der Waals surface area contributed by atoms with Gasteiger partial charge in [0.25, 0.3) is 0 Å². The molecule has 0 atom stereocenters. The first-order valence-electron chi connectivity index (χ1n) is 5.71. The molecule has 2 aromatic carbocycles. The minimum atomic E-state index is 0.793. The molecule has 0 heterocycles. The second-order valence-electron chi connectivity index (χ2n) is 4.29. The fraction of sp³-hybridized carbons (Fsp3) is 0.200. The van der Waals surface area contributed by atoms with Crippen molar-refractivity contribution in [2.45, 2.75) is 20.4 Å². The van der Waals surface area contributed by atoms with E-state index in [0.717, 1.165) is 17.3 Å². The van der Waals surface area contributed by atoms with Gasteiger partial charge in [0, 0.05) is 17.3 Å². The van der Waals surface area contributed by atoms with Crippen molar-refractivity contribution < 1.29 is 0 Å². The first-order valence-corrected chi connectivity index (χ1v) is 6.08. The van der Waals surface area contributed by atoms with Gasteiger partial charge in [-0.1, -0.05) is 29.8 Å². The summed E-state index contributed by atoms with van der Waals surface area (Å²) in [5.41, 5.74) is 4.91. The average molecular weight is 246 g/mol. The second kappa shape index (κ2) is 5.24. The van der Waals surface area contributed by atoms with Gasteiger partial charge in [-0.3, -0.25) is 0 Å². The predicted molar refractivity (Wildman–Crippen MR) is 74.7 cm³/mol. The Hall–Kier alpha value is -1.47. The smallest absolute Gasteiger partial charge is 0.0408 e. The van der Waals surface area contributed by atoms with Gasteiger partial charge in [0.2, 0.25) is 0 Å². The summed E-state index contributed by atoms with van der Waals surface area (Å²) >= 11 is 5.93. The summed E-state index contributed by atoms with van der Waals surface area (Å²) in [5.74, 6) is 0. The standard InChI is InChI=1S/C15H16ClN/c1-11-4-3-5-15(8-11)17-10-13-6-7-14(16)9-12(13)2/h3-9,17H,10H2,1-2H3. The van der Waals surface area contributed by atoms with E-state index in [0.29, 0.717) is 0 Å². The summed E-state index contributed by atoms with van der Waals surface area (Å²) in [6.45, 7) is 5.00. The van der Waals surface area contributed by atoms with E-state index in [1.807, 2.05) is 12.1 Å². The highest BCUT2D eigenvalue weighted by Crippen LogP contribution is 2.17. The fourth-order valence-electron chi connectivity index (χ4n) is 1.81. The van der Waals surface area contributed by atoms with Gasteiger partial charge in [0.1, 0.15) is 0 Å². The lowest BCUT2D eigenvalue weighted by Crippen LogP contribution is -2.01. The van der Waals surface area contributed by atoms with E-state index in [2.05, 4.69) is 49.5 Å². The Morgan fingerprint density at radius 1 is 1.06 bits per heavy atom. The Balaban J connectivity index is 2.07. The van der Waals surface area contributed by atoms with Crippen LogP contribution in [0.4, 0.5) is 5.69 Å². The van der Waals surface area contributed by atoms with E-state index in [1.165, 1.54) is 16.7 Å². The van der Waals surface area contributed by atoms with Crippen LogP contribution in [-0.4, -0.2) is 0 Å². The van der Waals surface area contributed by atoms with E-state index in [-0.39, 0.29) is 0 Å². The van der Waals surface area contributed by atoms with Crippen LogP contribution in [0.1, 0.15) is 16.7 Å². The lowest BCUT2D eigenvalue weighted by atomic mass is 10.1. The van der Waals surface area contributed by atoms with Crippen LogP contribution < -0.4 is 5.32 Å². The molecule has 0 saturated heterocycles. The Labute approximate surface area is 107 Å². The van der Waals surface area contributed by atoms with Crippen LogP contribution in [0.15, 0.2) is 42.5 Å². The minimum absolute atomic E-state index is 0.793. The number of anilines is 1. The lowest BCUT2D eigenvalue weighted by molar-refractivity contribution is 1.12. The molecule has 17 heavy (non-hydrogen) atoms. The molecule has 2 rings (SSSR count). The van der Waals surface area contributed by atoms with Crippen molar-refractivity contribution in [3.63, 3.8) is 0 Å². The summed E-state index contributed by atoms with van der Waals surface area (Å²) in [4.78, 5) is 0. The van der Waals surface area contributed by atoms with Gasteiger partial charge in [0.15, 0.2) is 0 Å². The highest BCUT2D eigenvalue weighted by atomic mass is 35.5. The van der Waals surface area contributed by atoms with E-state index in [4.69, 9.17) is 11.6 Å². The predicted octanol–water partition coefficient (Wildman–Crippen LogP) is 4.57. The molecule has 0 spiro atoms. The van der Waals surface area contributed by atoms with Crippen LogP contribution in [0, 0.1) is 13.8 Å². The van der Waals surface area contributed by atoms with Gasteiger partial charge in [-0.25, -0.2) is 0 Å². The zero-order chi connectivity index (χ0) is 12.3. The normalized spacial score (nSPS) is 10.3. The van der Waals surface area contributed by atoms with Crippen molar-refractivity contribution in [2.75, 3.05) is 5.32 Å². The van der Waals surface area contributed by atoms with Gasteiger partial charge < -0.3 is 5.32 Å². The van der Waals surface area contributed by atoms with Gasteiger partial charge in [-0.15, -0.1) is 0 Å². The van der Waals surface area contributed by atoms with E-state index in [9.17, 15) is 0 Å². The third-order valence-electron chi connectivity index (χ3n) is 2.81. The topological polar surface area (TPSA) is 12.0 Å². The van der Waals surface area contributed by atoms with E-state index >= 15 is 0 Å². The number of rotatable bonds is 3. The number of halogens is 1. The van der Waals surface area contributed by atoms with Crippen molar-refractivity contribution in [1.29, 1.82) is 0 Å². The van der Waals surface area contributed by atoms with Crippen LogP contribution in [-0.2, 0) is 6.54 Å². The molecule has 2 heteroatoms. The summed E-state index contributed by atoms with van der Waals surface area (Å²) < 4.78 is 0. The van der Waals surface area contributed by atoms with Crippen LogP contribution in [0.2, 0.25) is 5.02 Å². The zero-order valence-electron chi connectivity index (χ0n) is 10.1. The summed E-state index contributed by atoms with van der Waals surface area (Å²) in [6.07, 6.45) is 0. The van der Waals surface area contributed by atoms with Crippen LogP contribution in [0.3, 0.4) is 0 Å². The third-order valence-corrected chi connectivity index (χ3v) is 3.04. The largest absolute Gasteiger partial charge is 0.381 e. The maximum atomic E-state index is 5.93. The summed E-state index contributed by atoms with van der Waals surface area (Å²) in [5, 5.41) is 4.21. The van der Waals surface area contributed by atoms with Gasteiger partial charge in [-0.2, -0.15) is 0 Å². The Morgan fingerprint density at radius 2 is 1.88 bits per heavy atom. The monoisotopic (exact) mass is 245 g/mol. The van der Waals surface area contributed by atoms with E-state index < -0.39 is 0 Å². The van der Waals surface area contributed by atoms with Gasteiger partial charge in [0.05, 0.1) is 0 Å². The SMILES string of the molecule is Cc1cccc(NCc2ccc(Cl)cc2C)c1. The molecule has 0 unspecified atom stereocenters. The van der Waals surface area contributed by atoms with Crippen LogP contribution in [0.25, 0.3) is 0 Å². The molecule has 0 radical (unpaired) electrons. The molecule has 1 nitrogen and oxygen atoms in total. The van der Waals surface area contributed by atoms with Crippen LogP contribution >= 0.6 is 11.6 Å². The van der Waals surface area contributed by atoms with Gasteiger partial charge in [-0.05, 0) is 54.8 Å². The molecule has 0 saturated carbocycles. The molecule has 88 valence electrons. The number of aryl methyl sites for hydroxylation is 2. The van der Waals surface area contributed by atoms with Crippen molar-refractivity contribution in [3.8, 4) is 0 Å². The van der Waals surface area contributed by atoms with Crippen molar-refractivity contribution in [3.05, 3.63) is 64.2 Å². The molecule has 0 aliphatic carbocycles. The molecule has 2 aromatic rings. The number of hydrogen-bond acceptors (Lipinski definition) is 1. The number of hydrogen-bond donors (Lipinski definition) is 1. The molecule has 0 aliphatic heterocycles. The number of benzene rings is 2. The van der Waals surface area contributed by atoms with Crippen molar-refractivity contribution >= 4 is 17.3 Å². The molecule has 0 amide bonds. The number of nitrogens with one attached hydrogen (secondary N) is 1. The highest BCUT2D eigenvalue weighted by molar-refractivity contribution is 6.30. The van der Waals surface area contributed by atoms with Crippen molar-refractivity contribution in [1.82, 2.24) is 0 Å². The van der Waals surface area contributed by atoms with Crippen LogP contribution in [0.5, 0.6) is 0 Å². The summed E-state index contributed by atoms with van der Waals surface area (Å²) in [6, 6.07) is 14.4. The Morgan fingerprint density at radius 3 is 2.59 bits per heavy atom. The average Bonchev–Trinajstić information content (AvgIpc) is 2.28. The quantitative estimate of drug-likeness (QED) is 0.835. The first-order chi connectivity index (χ1) is 8.15. The van der Waals surface area contributed by atoms with Gasteiger partial charge >= 0.3 is 0 Å². The Bertz CT molecular complexity index is 520. The second-order valence-corrected chi connectivity index (χ2v) is 4.73. The first kappa shape index (κ1) is 12.0. The zero-order valence-corrected chi connectivity index (χ0v) is 10.9. The lowest BCUT2D eigenvalue weighted by Gasteiger charge is -2.09. The molecular weight excluding hydrogens is 230 g/mol. The summed E-state index contributed by atoms with van der Waals surface area (Å²) in [7, 11) is 0. The third kappa shape index (κ3) is 3.24.